The predicted octanol–water partition coefficient (Wildman–Crippen LogP) is 3.39. The lowest BCUT2D eigenvalue weighted by molar-refractivity contribution is -0.140. The number of likely N-dealkylation sites (tertiary alicyclic amines) is 1. The van der Waals surface area contributed by atoms with Gasteiger partial charge in [-0.15, -0.1) is 0 Å². The Balaban J connectivity index is 1.79. The van der Waals surface area contributed by atoms with Gasteiger partial charge in [-0.3, -0.25) is 9.59 Å². The highest BCUT2D eigenvalue weighted by molar-refractivity contribution is 6.46. The van der Waals surface area contributed by atoms with Crippen LogP contribution in [0.4, 0.5) is 0 Å². The van der Waals surface area contributed by atoms with E-state index < -0.39 is 17.7 Å². The summed E-state index contributed by atoms with van der Waals surface area (Å²) in [7, 11) is 3.83. The zero-order valence-electron chi connectivity index (χ0n) is 19.5. The van der Waals surface area contributed by atoms with E-state index in [-0.39, 0.29) is 17.4 Å². The molecule has 0 aliphatic carbocycles. The van der Waals surface area contributed by atoms with Crippen LogP contribution in [-0.2, 0) is 16.0 Å². The molecule has 33 heavy (non-hydrogen) atoms. The number of aliphatic hydroxyl groups excluding tert-OH is 1. The number of Topliss-reactive ketones (excluding diaryl/α,β-unsaturated/α-hetero) is 1. The second kappa shape index (κ2) is 9.27. The van der Waals surface area contributed by atoms with Gasteiger partial charge in [0.05, 0.1) is 18.2 Å². The van der Waals surface area contributed by atoms with Gasteiger partial charge in [0.25, 0.3) is 11.7 Å². The maximum Gasteiger partial charge on any atom is 0.295 e. The number of hydrogen-bond acceptors (Lipinski definition) is 6. The largest absolute Gasteiger partial charge is 0.507 e. The number of aliphatic hydroxyl groups is 1. The summed E-state index contributed by atoms with van der Waals surface area (Å²) >= 11 is 0. The third-order valence-electron chi connectivity index (χ3n) is 6.00. The van der Waals surface area contributed by atoms with Crippen LogP contribution in [0.3, 0.4) is 0 Å². The van der Waals surface area contributed by atoms with Crippen LogP contribution >= 0.6 is 0 Å². The lowest BCUT2D eigenvalue weighted by Gasteiger charge is -2.26. The molecule has 2 unspecified atom stereocenters. The monoisotopic (exact) mass is 450 g/mol. The van der Waals surface area contributed by atoms with Gasteiger partial charge >= 0.3 is 0 Å². The van der Waals surface area contributed by atoms with Crippen molar-refractivity contribution in [3.8, 4) is 11.5 Å². The van der Waals surface area contributed by atoms with Crippen LogP contribution in [0, 0.1) is 0 Å². The topological polar surface area (TPSA) is 79.3 Å². The molecule has 7 nitrogen and oxygen atoms in total. The number of ether oxygens (including phenoxy) is 2. The average Bonchev–Trinajstić information content (AvgIpc) is 3.28. The van der Waals surface area contributed by atoms with Crippen molar-refractivity contribution in [3.63, 3.8) is 0 Å². The van der Waals surface area contributed by atoms with Gasteiger partial charge < -0.3 is 24.4 Å². The summed E-state index contributed by atoms with van der Waals surface area (Å²) in [5.41, 5.74) is 2.34. The van der Waals surface area contributed by atoms with Gasteiger partial charge in [-0.05, 0) is 69.4 Å². The fourth-order valence-corrected chi connectivity index (χ4v) is 4.40. The highest BCUT2D eigenvalue weighted by Crippen LogP contribution is 2.40. The second-order valence-electron chi connectivity index (χ2n) is 8.75. The smallest absolute Gasteiger partial charge is 0.295 e. The molecule has 1 amide bonds. The molecule has 174 valence electrons. The van der Waals surface area contributed by atoms with Gasteiger partial charge in [0.15, 0.2) is 0 Å². The number of carbonyl (C=O) groups is 2. The summed E-state index contributed by atoms with van der Waals surface area (Å²) in [6.45, 7) is 5.39. The fraction of sp³-hybridized carbons (Fsp3) is 0.385. The first-order chi connectivity index (χ1) is 15.8. The lowest BCUT2D eigenvalue weighted by Crippen LogP contribution is -2.35. The zero-order chi connectivity index (χ0) is 23.7. The molecule has 2 aromatic carbocycles. The number of rotatable bonds is 7. The third-order valence-corrected chi connectivity index (χ3v) is 6.00. The molecule has 0 aromatic heterocycles. The van der Waals surface area contributed by atoms with Crippen LogP contribution in [-0.4, -0.2) is 66.5 Å². The standard InChI is InChI=1S/C26H30N2O5/c1-5-32-20-9-6-17(7-10-20)23-22(25(30)26(31)28(23)13-12-27(3)4)24(29)18-8-11-21-19(15-18)14-16(2)33-21/h6-11,15-16,23,29H,5,12-14H2,1-4H3. The SMILES string of the molecule is CCOc1ccc(C2C(=C(O)c3ccc4c(c3)CC(C)O4)C(=O)C(=O)N2CCN(C)C)cc1. The molecule has 2 aliphatic heterocycles. The first kappa shape index (κ1) is 22.9. The van der Waals surface area contributed by atoms with Crippen molar-refractivity contribution in [1.29, 1.82) is 0 Å². The van der Waals surface area contributed by atoms with E-state index in [0.29, 0.717) is 31.0 Å². The third kappa shape index (κ3) is 4.46. The van der Waals surface area contributed by atoms with Crippen molar-refractivity contribution in [2.75, 3.05) is 33.8 Å². The van der Waals surface area contributed by atoms with Crippen molar-refractivity contribution in [2.24, 2.45) is 0 Å². The molecule has 1 N–H and O–H groups in total. The Morgan fingerprint density at radius 3 is 2.58 bits per heavy atom. The molecule has 7 heteroatoms. The van der Waals surface area contributed by atoms with Crippen molar-refractivity contribution < 1.29 is 24.2 Å². The van der Waals surface area contributed by atoms with Gasteiger partial charge in [0.2, 0.25) is 0 Å². The first-order valence-corrected chi connectivity index (χ1v) is 11.3. The van der Waals surface area contributed by atoms with Crippen LogP contribution in [0.2, 0.25) is 0 Å². The number of fused-ring (bicyclic) bond motifs is 1. The summed E-state index contributed by atoms with van der Waals surface area (Å²) in [5, 5.41) is 11.3. The van der Waals surface area contributed by atoms with Gasteiger partial charge in [-0.2, -0.15) is 0 Å². The van der Waals surface area contributed by atoms with E-state index in [1.807, 2.05) is 69.2 Å². The Bertz CT molecular complexity index is 1090. The van der Waals surface area contributed by atoms with Crippen LogP contribution in [0.25, 0.3) is 5.76 Å². The van der Waals surface area contributed by atoms with E-state index in [1.165, 1.54) is 0 Å². The van der Waals surface area contributed by atoms with E-state index >= 15 is 0 Å². The number of benzene rings is 2. The van der Waals surface area contributed by atoms with Gasteiger partial charge in [0, 0.05) is 25.1 Å². The minimum Gasteiger partial charge on any atom is -0.507 e. The van der Waals surface area contributed by atoms with E-state index in [9.17, 15) is 14.7 Å². The number of nitrogens with zero attached hydrogens (tertiary/aromatic N) is 2. The average molecular weight is 451 g/mol. The van der Waals surface area contributed by atoms with Gasteiger partial charge in [0.1, 0.15) is 23.4 Å². The molecule has 1 saturated heterocycles. The molecular formula is C26H30N2O5. The van der Waals surface area contributed by atoms with E-state index in [2.05, 4.69) is 0 Å². The molecule has 2 aliphatic rings. The van der Waals surface area contributed by atoms with Crippen LogP contribution in [0.5, 0.6) is 11.5 Å². The van der Waals surface area contributed by atoms with E-state index in [1.54, 1.807) is 11.0 Å². The van der Waals surface area contributed by atoms with E-state index in [0.717, 1.165) is 23.3 Å². The minimum absolute atomic E-state index is 0.0675. The Morgan fingerprint density at radius 2 is 1.91 bits per heavy atom. The Kier molecular flexibility index (Phi) is 6.42. The van der Waals surface area contributed by atoms with Crippen molar-refractivity contribution in [3.05, 3.63) is 64.7 Å². The number of likely N-dealkylation sites (N-methyl/N-ethyl adjacent to an activating group) is 1. The maximum absolute atomic E-state index is 13.1. The lowest BCUT2D eigenvalue weighted by atomic mass is 9.94. The summed E-state index contributed by atoms with van der Waals surface area (Å²) in [4.78, 5) is 29.7. The van der Waals surface area contributed by atoms with Crippen LogP contribution < -0.4 is 9.47 Å². The van der Waals surface area contributed by atoms with Crippen LogP contribution in [0.1, 0.15) is 36.6 Å². The van der Waals surface area contributed by atoms with Crippen LogP contribution in [0.15, 0.2) is 48.0 Å². The molecule has 4 rings (SSSR count). The highest BCUT2D eigenvalue weighted by atomic mass is 16.5. The molecule has 1 fully saturated rings. The number of ketones is 1. The van der Waals surface area contributed by atoms with Gasteiger partial charge in [-0.25, -0.2) is 0 Å². The molecule has 2 heterocycles. The predicted molar refractivity (Wildman–Crippen MR) is 125 cm³/mol. The quantitative estimate of drug-likeness (QED) is 0.396. The fourth-order valence-electron chi connectivity index (χ4n) is 4.40. The number of amides is 1. The zero-order valence-corrected chi connectivity index (χ0v) is 19.5. The molecule has 0 radical (unpaired) electrons. The molecule has 2 aromatic rings. The maximum atomic E-state index is 13.1. The highest BCUT2D eigenvalue weighted by Gasteiger charge is 2.46. The normalized spacial score (nSPS) is 21.4. The Hall–Kier alpha value is -3.32. The molecule has 2 atom stereocenters. The minimum atomic E-state index is -0.677. The molecule has 0 saturated carbocycles. The summed E-state index contributed by atoms with van der Waals surface area (Å²) in [5.74, 6) is 0.0559. The van der Waals surface area contributed by atoms with Crippen molar-refractivity contribution in [2.45, 2.75) is 32.4 Å². The summed E-state index contributed by atoms with van der Waals surface area (Å²) in [6.07, 6.45) is 0.800. The van der Waals surface area contributed by atoms with Crippen molar-refractivity contribution in [1.82, 2.24) is 9.80 Å². The molecule has 0 spiro atoms. The van der Waals surface area contributed by atoms with E-state index in [4.69, 9.17) is 9.47 Å². The second-order valence-corrected chi connectivity index (χ2v) is 8.75. The van der Waals surface area contributed by atoms with Crippen molar-refractivity contribution >= 4 is 17.4 Å². The number of hydrogen-bond donors (Lipinski definition) is 1. The van der Waals surface area contributed by atoms with Gasteiger partial charge in [-0.1, -0.05) is 12.1 Å². The Labute approximate surface area is 194 Å². The number of carbonyl (C=O) groups excluding carboxylic acids is 2. The summed E-state index contributed by atoms with van der Waals surface area (Å²) in [6, 6.07) is 12.0. The Morgan fingerprint density at radius 1 is 1.18 bits per heavy atom. The summed E-state index contributed by atoms with van der Waals surface area (Å²) < 4.78 is 11.3. The molecule has 0 bridgehead atoms. The molecular weight excluding hydrogens is 420 g/mol. The first-order valence-electron chi connectivity index (χ1n) is 11.3.